The van der Waals surface area contributed by atoms with Crippen LogP contribution in [0, 0.1) is 5.82 Å². The van der Waals surface area contributed by atoms with Crippen LogP contribution in [0.4, 0.5) is 4.39 Å². The van der Waals surface area contributed by atoms with E-state index < -0.39 is 15.8 Å². The summed E-state index contributed by atoms with van der Waals surface area (Å²) in [6.07, 6.45) is 1.88. The van der Waals surface area contributed by atoms with Crippen molar-refractivity contribution < 1.29 is 17.6 Å². The fourth-order valence-electron chi connectivity index (χ4n) is 2.99. The molecule has 0 unspecified atom stereocenters. The first kappa shape index (κ1) is 18.5. The van der Waals surface area contributed by atoms with E-state index in [1.165, 1.54) is 12.1 Å². The molecule has 2 aromatic carbocycles. The molecule has 0 atom stereocenters. The Morgan fingerprint density at radius 3 is 2.23 bits per heavy atom. The molecule has 1 heterocycles. The molecule has 3 rings (SSSR count). The highest BCUT2D eigenvalue weighted by Gasteiger charge is 2.29. The van der Waals surface area contributed by atoms with Crippen LogP contribution in [0.2, 0.25) is 0 Å². The molecule has 0 bridgehead atoms. The van der Waals surface area contributed by atoms with Crippen LogP contribution in [0.1, 0.15) is 18.4 Å². The van der Waals surface area contributed by atoms with E-state index in [4.69, 9.17) is 0 Å². The Bertz CT molecular complexity index is 848. The van der Waals surface area contributed by atoms with E-state index in [1.54, 1.807) is 4.90 Å². The number of nitrogens with zero attached hydrogens (tertiary/aromatic N) is 2. The molecule has 0 saturated carbocycles. The van der Waals surface area contributed by atoms with Gasteiger partial charge in [-0.2, -0.15) is 4.31 Å². The number of carbonyl (C=O) groups excluding carboxylic acids is 1. The maximum absolute atomic E-state index is 13.2. The lowest BCUT2D eigenvalue weighted by atomic mass is 10.2. The van der Waals surface area contributed by atoms with Gasteiger partial charge in [-0.05, 0) is 42.7 Å². The first-order valence-electron chi connectivity index (χ1n) is 8.54. The molecule has 1 amide bonds. The summed E-state index contributed by atoms with van der Waals surface area (Å²) < 4.78 is 40.4. The van der Waals surface area contributed by atoms with Crippen molar-refractivity contribution >= 4 is 15.9 Å². The summed E-state index contributed by atoms with van der Waals surface area (Å²) in [4.78, 5) is 14.2. The predicted molar refractivity (Wildman–Crippen MR) is 96.3 cm³/mol. The molecule has 2 aromatic rings. The largest absolute Gasteiger partial charge is 0.342 e. The van der Waals surface area contributed by atoms with Crippen LogP contribution in [0.3, 0.4) is 0 Å². The number of amides is 1. The Morgan fingerprint density at radius 1 is 1.00 bits per heavy atom. The Hall–Kier alpha value is -2.25. The molecule has 1 saturated heterocycles. The molecule has 0 aromatic heterocycles. The van der Waals surface area contributed by atoms with Gasteiger partial charge >= 0.3 is 0 Å². The number of hydrogen-bond acceptors (Lipinski definition) is 3. The minimum absolute atomic E-state index is 0.0240. The van der Waals surface area contributed by atoms with Gasteiger partial charge in [0.15, 0.2) is 0 Å². The second-order valence-corrected chi connectivity index (χ2v) is 8.24. The number of likely N-dealkylation sites (tertiary alicyclic amines) is 1. The van der Waals surface area contributed by atoms with Crippen molar-refractivity contribution in [1.29, 1.82) is 0 Å². The summed E-state index contributed by atoms with van der Waals surface area (Å²) >= 11 is 0. The first-order valence-corrected chi connectivity index (χ1v) is 9.98. The van der Waals surface area contributed by atoms with E-state index in [0.717, 1.165) is 34.8 Å². The molecule has 1 fully saturated rings. The SMILES string of the molecule is O=C(CN(Cc1ccccc1)S(=O)(=O)c1ccc(F)cc1)N1CCCC1. The molecule has 0 aliphatic carbocycles. The number of hydrogen-bond donors (Lipinski definition) is 0. The summed E-state index contributed by atoms with van der Waals surface area (Å²) in [5.74, 6) is -0.712. The van der Waals surface area contributed by atoms with Gasteiger partial charge in [-0.25, -0.2) is 12.8 Å². The lowest BCUT2D eigenvalue weighted by molar-refractivity contribution is -0.130. The summed E-state index contributed by atoms with van der Waals surface area (Å²) in [7, 11) is -3.92. The van der Waals surface area contributed by atoms with Crippen LogP contribution >= 0.6 is 0 Å². The third-order valence-electron chi connectivity index (χ3n) is 4.42. The molecule has 1 aliphatic rings. The van der Waals surface area contributed by atoms with Crippen molar-refractivity contribution in [3.8, 4) is 0 Å². The lowest BCUT2D eigenvalue weighted by Crippen LogP contribution is -2.41. The minimum atomic E-state index is -3.92. The average Bonchev–Trinajstić information content (AvgIpc) is 3.17. The molecule has 26 heavy (non-hydrogen) atoms. The Labute approximate surface area is 153 Å². The standard InChI is InChI=1S/C19H21FN2O3S/c20-17-8-10-18(11-9-17)26(24,25)22(14-16-6-2-1-3-7-16)15-19(23)21-12-4-5-13-21/h1-3,6-11H,4-5,12-15H2. The van der Waals surface area contributed by atoms with Gasteiger partial charge in [0.2, 0.25) is 15.9 Å². The molecule has 1 aliphatic heterocycles. The van der Waals surface area contributed by atoms with E-state index in [2.05, 4.69) is 0 Å². The van der Waals surface area contributed by atoms with Crippen LogP contribution in [0.15, 0.2) is 59.5 Å². The van der Waals surface area contributed by atoms with E-state index in [1.807, 2.05) is 30.3 Å². The van der Waals surface area contributed by atoms with Crippen molar-refractivity contribution in [3.05, 3.63) is 66.0 Å². The summed E-state index contributed by atoms with van der Waals surface area (Å²) in [5, 5.41) is 0. The van der Waals surface area contributed by atoms with Gasteiger partial charge in [0, 0.05) is 19.6 Å². The van der Waals surface area contributed by atoms with Crippen LogP contribution in [-0.4, -0.2) is 43.2 Å². The second-order valence-electron chi connectivity index (χ2n) is 6.30. The maximum Gasteiger partial charge on any atom is 0.243 e. The fourth-order valence-corrected chi connectivity index (χ4v) is 4.36. The van der Waals surface area contributed by atoms with Gasteiger partial charge in [0.25, 0.3) is 0 Å². The van der Waals surface area contributed by atoms with Crippen molar-refractivity contribution in [3.63, 3.8) is 0 Å². The zero-order chi connectivity index (χ0) is 18.6. The van der Waals surface area contributed by atoms with E-state index in [-0.39, 0.29) is 23.9 Å². The van der Waals surface area contributed by atoms with E-state index in [0.29, 0.717) is 13.1 Å². The van der Waals surface area contributed by atoms with Gasteiger partial charge < -0.3 is 4.90 Å². The third kappa shape index (κ3) is 4.28. The number of carbonyl (C=O) groups is 1. The van der Waals surface area contributed by atoms with E-state index in [9.17, 15) is 17.6 Å². The normalized spacial score (nSPS) is 14.8. The molecule has 138 valence electrons. The molecule has 0 N–H and O–H groups in total. The van der Waals surface area contributed by atoms with Crippen molar-refractivity contribution in [2.45, 2.75) is 24.3 Å². The molecule has 5 nitrogen and oxygen atoms in total. The molecular weight excluding hydrogens is 355 g/mol. The summed E-state index contributed by atoms with van der Waals surface area (Å²) in [5.41, 5.74) is 0.785. The van der Waals surface area contributed by atoms with Gasteiger partial charge in [-0.1, -0.05) is 30.3 Å². The Morgan fingerprint density at radius 2 is 1.62 bits per heavy atom. The molecule has 7 heteroatoms. The van der Waals surface area contributed by atoms with Gasteiger partial charge in [-0.15, -0.1) is 0 Å². The smallest absolute Gasteiger partial charge is 0.243 e. The zero-order valence-electron chi connectivity index (χ0n) is 14.3. The number of halogens is 1. The monoisotopic (exact) mass is 376 g/mol. The van der Waals surface area contributed by atoms with Crippen molar-refractivity contribution in [2.75, 3.05) is 19.6 Å². The first-order chi connectivity index (χ1) is 12.5. The number of rotatable bonds is 6. The minimum Gasteiger partial charge on any atom is -0.342 e. The summed E-state index contributed by atoms with van der Waals surface area (Å²) in [6, 6.07) is 13.8. The van der Waals surface area contributed by atoms with Crippen LogP contribution < -0.4 is 0 Å². The van der Waals surface area contributed by atoms with Crippen LogP contribution in [-0.2, 0) is 21.4 Å². The Balaban J connectivity index is 1.88. The summed E-state index contributed by atoms with van der Waals surface area (Å²) in [6.45, 7) is 1.18. The molecular formula is C19H21FN2O3S. The van der Waals surface area contributed by atoms with Crippen molar-refractivity contribution in [1.82, 2.24) is 9.21 Å². The molecule has 0 spiro atoms. The van der Waals surface area contributed by atoms with Crippen molar-refractivity contribution in [2.24, 2.45) is 0 Å². The lowest BCUT2D eigenvalue weighted by Gasteiger charge is -2.24. The highest BCUT2D eigenvalue weighted by atomic mass is 32.2. The van der Waals surface area contributed by atoms with Gasteiger partial charge in [0.05, 0.1) is 11.4 Å². The van der Waals surface area contributed by atoms with Crippen LogP contribution in [0.25, 0.3) is 0 Å². The Kier molecular flexibility index (Phi) is 5.68. The number of sulfonamides is 1. The van der Waals surface area contributed by atoms with Gasteiger partial charge in [0.1, 0.15) is 5.82 Å². The third-order valence-corrected chi connectivity index (χ3v) is 6.23. The fraction of sp³-hybridized carbons (Fsp3) is 0.316. The highest BCUT2D eigenvalue weighted by Crippen LogP contribution is 2.20. The van der Waals surface area contributed by atoms with E-state index >= 15 is 0 Å². The van der Waals surface area contributed by atoms with Gasteiger partial charge in [-0.3, -0.25) is 4.79 Å². The number of benzene rings is 2. The molecule has 0 radical (unpaired) electrons. The maximum atomic E-state index is 13.2. The highest BCUT2D eigenvalue weighted by molar-refractivity contribution is 7.89. The average molecular weight is 376 g/mol. The zero-order valence-corrected chi connectivity index (χ0v) is 15.2. The predicted octanol–water partition coefficient (Wildman–Crippen LogP) is 2.64. The quantitative estimate of drug-likeness (QED) is 0.779. The topological polar surface area (TPSA) is 57.7 Å². The second kappa shape index (κ2) is 7.97. The van der Waals surface area contributed by atoms with Crippen LogP contribution in [0.5, 0.6) is 0 Å².